The van der Waals surface area contributed by atoms with Crippen molar-refractivity contribution in [2.24, 2.45) is 5.11 Å². The van der Waals surface area contributed by atoms with Crippen molar-refractivity contribution in [1.29, 1.82) is 0 Å². The van der Waals surface area contributed by atoms with E-state index in [9.17, 15) is 9.59 Å². The van der Waals surface area contributed by atoms with Crippen molar-refractivity contribution in [3.8, 4) is 0 Å². The van der Waals surface area contributed by atoms with Gasteiger partial charge in [-0.15, -0.1) is 0 Å². The number of hydrogen-bond acceptors (Lipinski definition) is 4. The van der Waals surface area contributed by atoms with Gasteiger partial charge in [-0.25, -0.2) is 0 Å². The maximum Gasteiger partial charge on any atom is 0.303 e. The third kappa shape index (κ3) is 4.31. The van der Waals surface area contributed by atoms with E-state index in [2.05, 4.69) is 15.0 Å². The number of rotatable bonds is 6. The number of carbonyl (C=O) groups excluding carboxylic acids is 1. The van der Waals surface area contributed by atoms with E-state index < -0.39 is 5.97 Å². The number of ketones is 1. The van der Waals surface area contributed by atoms with E-state index in [1.807, 2.05) is 0 Å². The fraction of sp³-hybridized carbons (Fsp3) is 0.300. The molecule has 0 saturated carbocycles. The zero-order chi connectivity index (χ0) is 12.7. The average molecular weight is 234 g/mol. The smallest absolute Gasteiger partial charge is 0.303 e. The molecular formula is C10H10N4O3. The zero-order valence-electron chi connectivity index (χ0n) is 8.91. The van der Waals surface area contributed by atoms with Crippen LogP contribution in [0.4, 0.5) is 0 Å². The van der Waals surface area contributed by atoms with Crippen LogP contribution in [0.1, 0.15) is 28.9 Å². The van der Waals surface area contributed by atoms with Crippen LogP contribution in [-0.4, -0.2) is 21.8 Å². The fourth-order valence-electron chi connectivity index (χ4n) is 1.15. The summed E-state index contributed by atoms with van der Waals surface area (Å²) >= 11 is 0. The first kappa shape index (κ1) is 12.7. The van der Waals surface area contributed by atoms with Crippen molar-refractivity contribution >= 4 is 11.8 Å². The molecule has 0 aromatic carbocycles. The van der Waals surface area contributed by atoms with E-state index in [1.165, 1.54) is 6.20 Å². The number of azide groups is 1. The first-order chi connectivity index (χ1) is 8.13. The molecule has 7 nitrogen and oxygen atoms in total. The van der Waals surface area contributed by atoms with Gasteiger partial charge in [-0.3, -0.25) is 14.6 Å². The molecule has 1 aromatic rings. The molecule has 0 spiro atoms. The standard InChI is InChI=1S/C10H10N4O3/c11-14-13-6-8-2-1-7(5-12-8)9(15)3-4-10(16)17/h1-2,5H,3-4,6H2,(H,16,17). The van der Waals surface area contributed by atoms with Gasteiger partial charge in [0.1, 0.15) is 0 Å². The SMILES string of the molecule is [N-]=[N+]=NCc1ccc(C(=O)CCC(=O)O)cn1. The van der Waals surface area contributed by atoms with Gasteiger partial charge in [0.25, 0.3) is 0 Å². The minimum absolute atomic E-state index is 0.0489. The van der Waals surface area contributed by atoms with Gasteiger partial charge in [-0.2, -0.15) is 0 Å². The summed E-state index contributed by atoms with van der Waals surface area (Å²) in [6, 6.07) is 3.11. The lowest BCUT2D eigenvalue weighted by atomic mass is 10.1. The molecule has 0 aliphatic carbocycles. The van der Waals surface area contributed by atoms with Gasteiger partial charge in [-0.1, -0.05) is 5.11 Å². The predicted molar refractivity (Wildman–Crippen MR) is 58.3 cm³/mol. The Hall–Kier alpha value is -2.40. The van der Waals surface area contributed by atoms with Crippen LogP contribution < -0.4 is 0 Å². The van der Waals surface area contributed by atoms with Gasteiger partial charge in [-0.05, 0) is 17.7 Å². The molecule has 0 radical (unpaired) electrons. The summed E-state index contributed by atoms with van der Waals surface area (Å²) in [4.78, 5) is 28.3. The summed E-state index contributed by atoms with van der Waals surface area (Å²) < 4.78 is 0. The largest absolute Gasteiger partial charge is 0.481 e. The maximum atomic E-state index is 11.5. The third-order valence-electron chi connectivity index (χ3n) is 2.01. The summed E-state index contributed by atoms with van der Waals surface area (Å²) in [5.41, 5.74) is 9.02. The molecule has 1 heterocycles. The molecule has 1 N–H and O–H groups in total. The highest BCUT2D eigenvalue weighted by Gasteiger charge is 2.08. The zero-order valence-corrected chi connectivity index (χ0v) is 8.91. The van der Waals surface area contributed by atoms with Crippen molar-refractivity contribution in [3.05, 3.63) is 40.0 Å². The van der Waals surface area contributed by atoms with E-state index in [0.717, 1.165) is 0 Å². The van der Waals surface area contributed by atoms with Gasteiger partial charge in [0, 0.05) is 28.8 Å². The summed E-state index contributed by atoms with van der Waals surface area (Å²) in [6.07, 6.45) is 1.11. The van der Waals surface area contributed by atoms with Gasteiger partial charge in [0.05, 0.1) is 13.0 Å². The highest BCUT2D eigenvalue weighted by Crippen LogP contribution is 2.06. The Bertz CT molecular complexity index is 463. The van der Waals surface area contributed by atoms with Crippen LogP contribution in [0.3, 0.4) is 0 Å². The molecule has 88 valence electrons. The van der Waals surface area contributed by atoms with Crippen LogP contribution in [-0.2, 0) is 11.3 Å². The number of carboxylic acids is 1. The van der Waals surface area contributed by atoms with Gasteiger partial charge in [0.15, 0.2) is 5.78 Å². The summed E-state index contributed by atoms with van der Waals surface area (Å²) in [5, 5.41) is 11.8. The van der Waals surface area contributed by atoms with E-state index in [4.69, 9.17) is 10.6 Å². The molecule has 0 aliphatic rings. The normalized spacial score (nSPS) is 9.41. The molecule has 0 amide bonds. The summed E-state index contributed by atoms with van der Waals surface area (Å²) in [7, 11) is 0. The Morgan fingerprint density at radius 2 is 2.18 bits per heavy atom. The van der Waals surface area contributed by atoms with Crippen molar-refractivity contribution < 1.29 is 14.7 Å². The molecule has 0 atom stereocenters. The Morgan fingerprint density at radius 3 is 2.71 bits per heavy atom. The summed E-state index contributed by atoms with van der Waals surface area (Å²) in [6.45, 7) is 0.125. The molecule has 7 heteroatoms. The van der Waals surface area contributed by atoms with E-state index >= 15 is 0 Å². The molecule has 0 unspecified atom stereocenters. The molecule has 1 rings (SSSR count). The Balaban J connectivity index is 2.63. The quantitative estimate of drug-likeness (QED) is 0.350. The first-order valence-electron chi connectivity index (χ1n) is 4.84. The van der Waals surface area contributed by atoms with Gasteiger partial charge < -0.3 is 5.11 Å². The molecule has 0 fully saturated rings. The van der Waals surface area contributed by atoms with Gasteiger partial charge in [0.2, 0.25) is 0 Å². The number of nitrogens with zero attached hydrogens (tertiary/aromatic N) is 4. The lowest BCUT2D eigenvalue weighted by Gasteiger charge is -2.00. The number of hydrogen-bond donors (Lipinski definition) is 1. The molecule has 1 aromatic heterocycles. The number of aromatic nitrogens is 1. The van der Waals surface area contributed by atoms with Crippen LogP contribution in [0.5, 0.6) is 0 Å². The molecular weight excluding hydrogens is 224 g/mol. The first-order valence-corrected chi connectivity index (χ1v) is 4.84. The van der Waals surface area contributed by atoms with Crippen molar-refractivity contribution in [2.75, 3.05) is 0 Å². The van der Waals surface area contributed by atoms with Crippen LogP contribution in [0.25, 0.3) is 10.4 Å². The number of Topliss-reactive ketones (excluding diaryl/α,β-unsaturated/α-hetero) is 1. The second kappa shape index (κ2) is 6.24. The number of carboxylic acid groups (broad SMARTS) is 1. The van der Waals surface area contributed by atoms with Crippen LogP contribution >= 0.6 is 0 Å². The maximum absolute atomic E-state index is 11.5. The average Bonchev–Trinajstić information content (AvgIpc) is 2.34. The Labute approximate surface area is 96.7 Å². The monoisotopic (exact) mass is 234 g/mol. The Kier molecular flexibility index (Phi) is 4.65. The second-order valence-corrected chi connectivity index (χ2v) is 3.24. The molecule has 0 bridgehead atoms. The highest BCUT2D eigenvalue weighted by molar-refractivity contribution is 5.97. The molecule has 0 saturated heterocycles. The minimum Gasteiger partial charge on any atom is -0.481 e. The van der Waals surface area contributed by atoms with E-state index in [0.29, 0.717) is 11.3 Å². The molecule has 0 aliphatic heterocycles. The lowest BCUT2D eigenvalue weighted by molar-refractivity contribution is -0.136. The van der Waals surface area contributed by atoms with Gasteiger partial charge >= 0.3 is 5.97 Å². The Morgan fingerprint density at radius 1 is 1.41 bits per heavy atom. The fourth-order valence-corrected chi connectivity index (χ4v) is 1.15. The minimum atomic E-state index is -1.01. The van der Waals surface area contributed by atoms with E-state index in [1.54, 1.807) is 12.1 Å². The van der Waals surface area contributed by atoms with E-state index in [-0.39, 0.29) is 25.2 Å². The second-order valence-electron chi connectivity index (χ2n) is 3.24. The van der Waals surface area contributed by atoms with Crippen molar-refractivity contribution in [3.63, 3.8) is 0 Å². The highest BCUT2D eigenvalue weighted by atomic mass is 16.4. The number of carbonyl (C=O) groups is 2. The summed E-state index contributed by atoms with van der Waals surface area (Å²) in [5.74, 6) is -1.28. The lowest BCUT2D eigenvalue weighted by Crippen LogP contribution is -2.04. The molecule has 17 heavy (non-hydrogen) atoms. The van der Waals surface area contributed by atoms with Crippen LogP contribution in [0.2, 0.25) is 0 Å². The predicted octanol–water partition coefficient (Wildman–Crippen LogP) is 1.94. The third-order valence-corrected chi connectivity index (χ3v) is 2.01. The van der Waals surface area contributed by atoms with Crippen molar-refractivity contribution in [2.45, 2.75) is 19.4 Å². The number of aliphatic carboxylic acids is 1. The van der Waals surface area contributed by atoms with Crippen molar-refractivity contribution in [1.82, 2.24) is 4.98 Å². The topological polar surface area (TPSA) is 116 Å². The van der Waals surface area contributed by atoms with Crippen LogP contribution in [0.15, 0.2) is 23.4 Å². The number of pyridine rings is 1. The van der Waals surface area contributed by atoms with Crippen LogP contribution in [0, 0.1) is 0 Å².